The smallest absolute Gasteiger partial charge is 0.358 e. The summed E-state index contributed by atoms with van der Waals surface area (Å²) in [4.78, 5) is 24.4. The number of carboxylic acids is 1. The molecule has 1 fully saturated rings. The number of carbonyl (C=O) groups is 2. The maximum Gasteiger partial charge on any atom is 0.358 e. The third kappa shape index (κ3) is 4.15. The van der Waals surface area contributed by atoms with Gasteiger partial charge in [0.2, 0.25) is 0 Å². The molecule has 0 unspecified atom stereocenters. The van der Waals surface area contributed by atoms with E-state index in [0.717, 1.165) is 25.9 Å². The van der Waals surface area contributed by atoms with Crippen molar-refractivity contribution in [2.45, 2.75) is 25.4 Å². The van der Waals surface area contributed by atoms with Crippen molar-refractivity contribution in [2.75, 3.05) is 26.7 Å². The van der Waals surface area contributed by atoms with Crippen molar-refractivity contribution in [1.29, 1.82) is 0 Å². The van der Waals surface area contributed by atoms with Gasteiger partial charge in [-0.05, 0) is 25.9 Å². The summed E-state index contributed by atoms with van der Waals surface area (Å²) in [7, 11) is 1.79. The molecule has 9 heteroatoms. The Labute approximate surface area is 122 Å². The van der Waals surface area contributed by atoms with Crippen LogP contribution in [0, 0.1) is 0 Å². The maximum atomic E-state index is 12.0. The van der Waals surface area contributed by atoms with Crippen LogP contribution in [0.25, 0.3) is 0 Å². The van der Waals surface area contributed by atoms with Crippen molar-refractivity contribution in [2.24, 2.45) is 0 Å². The van der Waals surface area contributed by atoms with E-state index >= 15 is 0 Å². The molecule has 0 radical (unpaired) electrons. The second-order valence-corrected chi connectivity index (χ2v) is 5.00. The van der Waals surface area contributed by atoms with E-state index in [0.29, 0.717) is 13.1 Å². The second kappa shape index (κ2) is 7.02. The molecule has 0 aromatic carbocycles. The summed E-state index contributed by atoms with van der Waals surface area (Å²) < 4.78 is 1.40. The predicted octanol–water partition coefficient (Wildman–Crippen LogP) is -0.630. The third-order valence-corrected chi connectivity index (χ3v) is 3.55. The monoisotopic (exact) mass is 296 g/mol. The highest BCUT2D eigenvalue weighted by atomic mass is 16.4. The molecule has 1 saturated heterocycles. The minimum absolute atomic E-state index is 0.104. The van der Waals surface area contributed by atoms with Crippen LogP contribution in [0.1, 0.15) is 23.3 Å². The lowest BCUT2D eigenvalue weighted by Gasteiger charge is -2.31. The van der Waals surface area contributed by atoms with Crippen molar-refractivity contribution < 1.29 is 14.7 Å². The number of carbonyl (C=O) groups excluding carboxylic acids is 1. The van der Waals surface area contributed by atoms with Gasteiger partial charge in [0.05, 0.1) is 12.7 Å². The lowest BCUT2D eigenvalue weighted by Crippen LogP contribution is -2.48. The molecular weight excluding hydrogens is 276 g/mol. The largest absolute Gasteiger partial charge is 0.476 e. The van der Waals surface area contributed by atoms with Crippen LogP contribution in [0.2, 0.25) is 0 Å². The van der Waals surface area contributed by atoms with Crippen molar-refractivity contribution in [1.82, 2.24) is 30.5 Å². The van der Waals surface area contributed by atoms with Gasteiger partial charge in [0.15, 0.2) is 5.69 Å². The molecule has 0 spiro atoms. The Morgan fingerprint density at radius 1 is 1.52 bits per heavy atom. The summed E-state index contributed by atoms with van der Waals surface area (Å²) in [5.74, 6) is -1.11. The minimum atomic E-state index is -1.11. The maximum absolute atomic E-state index is 12.0. The number of nitrogens with zero attached hydrogens (tertiary/aromatic N) is 4. The van der Waals surface area contributed by atoms with Crippen LogP contribution >= 0.6 is 0 Å². The molecule has 0 aliphatic carbocycles. The SMILES string of the molecule is CN(C(=O)NCCn1cc(C(=O)O)nn1)C1CCNCC1. The van der Waals surface area contributed by atoms with Crippen molar-refractivity contribution in [3.63, 3.8) is 0 Å². The number of hydrogen-bond donors (Lipinski definition) is 3. The summed E-state index contributed by atoms with van der Waals surface area (Å²) in [5, 5.41) is 22.0. The average molecular weight is 296 g/mol. The molecule has 0 bridgehead atoms. The normalized spacial score (nSPS) is 15.7. The number of urea groups is 1. The number of hydrogen-bond acceptors (Lipinski definition) is 5. The van der Waals surface area contributed by atoms with Gasteiger partial charge < -0.3 is 20.6 Å². The van der Waals surface area contributed by atoms with Crippen LogP contribution in [0.3, 0.4) is 0 Å². The second-order valence-electron chi connectivity index (χ2n) is 5.00. The summed E-state index contributed by atoms with van der Waals surface area (Å²) in [5.41, 5.74) is -0.104. The Balaban J connectivity index is 1.74. The number of piperidine rings is 1. The summed E-state index contributed by atoms with van der Waals surface area (Å²) in [6.45, 7) is 2.61. The van der Waals surface area contributed by atoms with Crippen LogP contribution in [-0.4, -0.2) is 69.7 Å². The first-order valence-electron chi connectivity index (χ1n) is 6.92. The molecule has 2 heterocycles. The molecule has 21 heavy (non-hydrogen) atoms. The lowest BCUT2D eigenvalue weighted by molar-refractivity contribution is 0.0690. The van der Waals surface area contributed by atoms with E-state index in [1.807, 2.05) is 0 Å². The number of rotatable bonds is 5. The number of aromatic nitrogens is 3. The lowest BCUT2D eigenvalue weighted by atomic mass is 10.1. The first kappa shape index (κ1) is 15.2. The molecule has 2 rings (SSSR count). The van der Waals surface area contributed by atoms with E-state index in [-0.39, 0.29) is 17.8 Å². The first-order valence-corrected chi connectivity index (χ1v) is 6.92. The van der Waals surface area contributed by atoms with Crippen LogP contribution in [0.4, 0.5) is 4.79 Å². The molecule has 3 N–H and O–H groups in total. The summed E-state index contributed by atoms with van der Waals surface area (Å²) in [6, 6.07) is 0.136. The zero-order chi connectivity index (χ0) is 15.2. The van der Waals surface area contributed by atoms with E-state index in [1.165, 1.54) is 10.9 Å². The van der Waals surface area contributed by atoms with Crippen LogP contribution in [0.15, 0.2) is 6.20 Å². The highest BCUT2D eigenvalue weighted by Crippen LogP contribution is 2.09. The van der Waals surface area contributed by atoms with Crippen LogP contribution in [-0.2, 0) is 6.54 Å². The quantitative estimate of drug-likeness (QED) is 0.667. The Bertz CT molecular complexity index is 497. The topological polar surface area (TPSA) is 112 Å². The molecule has 1 aliphatic heterocycles. The van der Waals surface area contributed by atoms with Gasteiger partial charge in [0, 0.05) is 19.6 Å². The van der Waals surface area contributed by atoms with Gasteiger partial charge >= 0.3 is 12.0 Å². The highest BCUT2D eigenvalue weighted by molar-refractivity contribution is 5.84. The Hall–Kier alpha value is -2.16. The van der Waals surface area contributed by atoms with Crippen LogP contribution < -0.4 is 10.6 Å². The van der Waals surface area contributed by atoms with Gasteiger partial charge in [-0.3, -0.25) is 0 Å². The van der Waals surface area contributed by atoms with Gasteiger partial charge in [-0.15, -0.1) is 5.10 Å². The van der Waals surface area contributed by atoms with E-state index in [1.54, 1.807) is 11.9 Å². The van der Waals surface area contributed by atoms with Gasteiger partial charge in [0.1, 0.15) is 0 Å². The number of aromatic carboxylic acids is 1. The fraction of sp³-hybridized carbons (Fsp3) is 0.667. The zero-order valence-electron chi connectivity index (χ0n) is 11.9. The van der Waals surface area contributed by atoms with E-state index in [2.05, 4.69) is 20.9 Å². The molecule has 9 nitrogen and oxygen atoms in total. The van der Waals surface area contributed by atoms with Gasteiger partial charge in [-0.2, -0.15) is 0 Å². The first-order chi connectivity index (χ1) is 10.1. The highest BCUT2D eigenvalue weighted by Gasteiger charge is 2.21. The molecule has 2 amide bonds. The van der Waals surface area contributed by atoms with E-state index < -0.39 is 5.97 Å². The van der Waals surface area contributed by atoms with E-state index in [9.17, 15) is 9.59 Å². The molecule has 1 aromatic heterocycles. The Kier molecular flexibility index (Phi) is 5.09. The molecule has 0 saturated carbocycles. The van der Waals surface area contributed by atoms with Gasteiger partial charge in [0.25, 0.3) is 0 Å². The molecule has 1 aromatic rings. The number of nitrogens with one attached hydrogen (secondary N) is 2. The molecule has 1 aliphatic rings. The third-order valence-electron chi connectivity index (χ3n) is 3.55. The fourth-order valence-corrected chi connectivity index (χ4v) is 2.27. The Morgan fingerprint density at radius 2 is 2.24 bits per heavy atom. The van der Waals surface area contributed by atoms with Crippen molar-refractivity contribution in [3.8, 4) is 0 Å². The standard InChI is InChI=1S/C12H20N6O3/c1-17(9-2-4-13-5-3-9)12(21)14-6-7-18-8-10(11(19)20)15-16-18/h8-9,13H,2-7H2,1H3,(H,14,21)(H,19,20). The Morgan fingerprint density at radius 3 is 2.86 bits per heavy atom. The molecule has 116 valence electrons. The van der Waals surface area contributed by atoms with Gasteiger partial charge in [-0.1, -0.05) is 5.21 Å². The molecule has 0 atom stereocenters. The van der Waals surface area contributed by atoms with Crippen LogP contribution in [0.5, 0.6) is 0 Å². The fourth-order valence-electron chi connectivity index (χ4n) is 2.27. The summed E-state index contributed by atoms with van der Waals surface area (Å²) >= 11 is 0. The predicted molar refractivity (Wildman–Crippen MR) is 74.0 cm³/mol. The average Bonchev–Trinajstić information content (AvgIpc) is 2.96. The van der Waals surface area contributed by atoms with Crippen molar-refractivity contribution in [3.05, 3.63) is 11.9 Å². The minimum Gasteiger partial charge on any atom is -0.476 e. The summed E-state index contributed by atoms with van der Waals surface area (Å²) in [6.07, 6.45) is 3.24. The van der Waals surface area contributed by atoms with Crippen molar-refractivity contribution >= 4 is 12.0 Å². The zero-order valence-corrected chi connectivity index (χ0v) is 11.9. The molecular formula is C12H20N6O3. The number of carboxylic acid groups (broad SMARTS) is 1. The van der Waals surface area contributed by atoms with Gasteiger partial charge in [-0.25, -0.2) is 14.3 Å². The van der Waals surface area contributed by atoms with E-state index in [4.69, 9.17) is 5.11 Å². The number of amides is 2.